The number of hydrogen-bond acceptors (Lipinski definition) is 3. The molecule has 1 heterocycles. The second-order valence-electron chi connectivity index (χ2n) is 4.81. The van der Waals surface area contributed by atoms with Crippen molar-refractivity contribution in [3.8, 4) is 5.75 Å². The van der Waals surface area contributed by atoms with Crippen LogP contribution >= 0.6 is 11.8 Å². The molecule has 0 fully saturated rings. The van der Waals surface area contributed by atoms with Crippen molar-refractivity contribution < 1.29 is 19.0 Å². The van der Waals surface area contributed by atoms with Crippen molar-refractivity contribution in [3.63, 3.8) is 0 Å². The molecule has 1 unspecified atom stereocenters. The van der Waals surface area contributed by atoms with Gasteiger partial charge in [-0.25, -0.2) is 9.18 Å². The molecule has 0 bridgehead atoms. The maximum atomic E-state index is 13.8. The zero-order valence-electron chi connectivity index (χ0n) is 11.1. The minimum atomic E-state index is -1.15. The van der Waals surface area contributed by atoms with Crippen molar-refractivity contribution in [3.05, 3.63) is 59.4 Å². The fourth-order valence-electron chi connectivity index (χ4n) is 2.28. The van der Waals surface area contributed by atoms with Crippen LogP contribution < -0.4 is 4.74 Å². The molecular formula is C16H13FO3S. The Morgan fingerprint density at radius 1 is 1.33 bits per heavy atom. The molecule has 2 aromatic rings. The normalized spacial score (nSPS) is 16.5. The van der Waals surface area contributed by atoms with Gasteiger partial charge < -0.3 is 9.84 Å². The molecule has 1 atom stereocenters. The van der Waals surface area contributed by atoms with Crippen molar-refractivity contribution in [2.45, 2.75) is 16.6 Å². The lowest BCUT2D eigenvalue weighted by atomic mass is 10.1. The third kappa shape index (κ3) is 3.03. The summed E-state index contributed by atoms with van der Waals surface area (Å²) < 4.78 is 19.3. The van der Waals surface area contributed by atoms with E-state index in [0.717, 1.165) is 12.5 Å². The van der Waals surface area contributed by atoms with Crippen LogP contribution in [0.2, 0.25) is 0 Å². The highest BCUT2D eigenvalue weighted by Crippen LogP contribution is 2.37. The Bertz CT molecular complexity index is 662. The summed E-state index contributed by atoms with van der Waals surface area (Å²) in [5, 5.41) is 9.04. The van der Waals surface area contributed by atoms with Crippen molar-refractivity contribution in [2.75, 3.05) is 6.61 Å². The quantitative estimate of drug-likeness (QED) is 0.937. The van der Waals surface area contributed by atoms with E-state index in [1.807, 2.05) is 12.1 Å². The maximum Gasteiger partial charge on any atom is 0.335 e. The molecule has 0 amide bonds. The Balaban J connectivity index is 1.63. The zero-order chi connectivity index (χ0) is 14.8. The molecule has 1 N–H and O–H groups in total. The number of halogens is 1. The summed E-state index contributed by atoms with van der Waals surface area (Å²) in [6.45, 7) is 0.392. The van der Waals surface area contributed by atoms with Gasteiger partial charge in [-0.2, -0.15) is 0 Å². The van der Waals surface area contributed by atoms with Crippen LogP contribution in [0.4, 0.5) is 4.39 Å². The highest BCUT2D eigenvalue weighted by Gasteiger charge is 2.22. The molecule has 0 saturated heterocycles. The van der Waals surface area contributed by atoms with Gasteiger partial charge in [0.15, 0.2) is 11.6 Å². The summed E-state index contributed by atoms with van der Waals surface area (Å²) in [6.07, 6.45) is 0.898. The van der Waals surface area contributed by atoms with Gasteiger partial charge in [-0.05, 0) is 36.2 Å². The largest absolute Gasteiger partial charge is 0.489 e. The number of thioether (sulfide) groups is 1. The Labute approximate surface area is 125 Å². The third-order valence-corrected chi connectivity index (χ3v) is 4.61. The fraction of sp³-hybridized carbons (Fsp3) is 0.188. The molecule has 3 nitrogen and oxygen atoms in total. The Hall–Kier alpha value is -2.01. The number of benzene rings is 2. The van der Waals surface area contributed by atoms with Crippen molar-refractivity contribution in [2.24, 2.45) is 0 Å². The highest BCUT2D eigenvalue weighted by atomic mass is 32.2. The van der Waals surface area contributed by atoms with Gasteiger partial charge in [-0.15, -0.1) is 11.8 Å². The monoisotopic (exact) mass is 304 g/mol. The van der Waals surface area contributed by atoms with Gasteiger partial charge in [0.05, 0.1) is 5.56 Å². The van der Waals surface area contributed by atoms with Crippen LogP contribution in [0, 0.1) is 5.82 Å². The molecule has 1 aliphatic rings. The molecule has 21 heavy (non-hydrogen) atoms. The van der Waals surface area contributed by atoms with Crippen molar-refractivity contribution in [1.82, 2.24) is 0 Å². The predicted molar refractivity (Wildman–Crippen MR) is 78.6 cm³/mol. The number of carbonyl (C=O) groups is 1. The molecule has 5 heteroatoms. The van der Waals surface area contributed by atoms with Crippen LogP contribution in [-0.4, -0.2) is 22.9 Å². The first-order valence-corrected chi connectivity index (χ1v) is 7.41. The average Bonchev–Trinajstić information content (AvgIpc) is 2.88. The third-order valence-electron chi connectivity index (χ3n) is 3.32. The number of aromatic carboxylic acids is 1. The first-order valence-electron chi connectivity index (χ1n) is 6.53. The van der Waals surface area contributed by atoms with Gasteiger partial charge in [0.25, 0.3) is 0 Å². The van der Waals surface area contributed by atoms with Crippen molar-refractivity contribution >= 4 is 17.7 Å². The van der Waals surface area contributed by atoms with Gasteiger partial charge >= 0.3 is 5.97 Å². The molecule has 0 radical (unpaired) electrons. The Morgan fingerprint density at radius 2 is 2.14 bits per heavy atom. The first-order chi connectivity index (χ1) is 10.1. The van der Waals surface area contributed by atoms with Gasteiger partial charge in [-0.3, -0.25) is 0 Å². The number of carboxylic acid groups (broad SMARTS) is 1. The Morgan fingerprint density at radius 3 is 2.86 bits per heavy atom. The van der Waals surface area contributed by atoms with Gasteiger partial charge in [0.2, 0.25) is 0 Å². The average molecular weight is 304 g/mol. The molecule has 0 aromatic heterocycles. The Kier molecular flexibility index (Phi) is 3.84. The minimum Gasteiger partial charge on any atom is -0.489 e. The van der Waals surface area contributed by atoms with E-state index >= 15 is 0 Å². The number of ether oxygens (including phenoxy) is 1. The first kappa shape index (κ1) is 13.9. The second kappa shape index (κ2) is 5.77. The lowest BCUT2D eigenvalue weighted by molar-refractivity contribution is 0.0696. The summed E-state index contributed by atoms with van der Waals surface area (Å²) in [7, 11) is 0. The number of fused-ring (bicyclic) bond motifs is 1. The molecule has 3 rings (SSSR count). The summed E-state index contributed by atoms with van der Waals surface area (Å²) in [4.78, 5) is 12.0. The SMILES string of the molecule is O=C(O)c1ccc(OCC2Cc3ccccc3S2)c(F)c1. The van der Waals surface area contributed by atoms with E-state index in [0.29, 0.717) is 6.61 Å². The van der Waals surface area contributed by atoms with E-state index in [2.05, 4.69) is 12.1 Å². The lowest BCUT2D eigenvalue weighted by Gasteiger charge is -2.11. The smallest absolute Gasteiger partial charge is 0.335 e. The molecule has 0 spiro atoms. The summed E-state index contributed by atoms with van der Waals surface area (Å²) in [5.74, 6) is -1.70. The maximum absolute atomic E-state index is 13.8. The highest BCUT2D eigenvalue weighted by molar-refractivity contribution is 8.00. The molecule has 0 aliphatic carbocycles. The van der Waals surface area contributed by atoms with E-state index in [-0.39, 0.29) is 16.6 Å². The number of hydrogen-bond donors (Lipinski definition) is 1. The van der Waals surface area contributed by atoms with Crippen LogP contribution in [0.5, 0.6) is 5.75 Å². The van der Waals surface area contributed by atoms with E-state index in [4.69, 9.17) is 9.84 Å². The molecule has 1 aliphatic heterocycles. The zero-order valence-corrected chi connectivity index (χ0v) is 11.9. The van der Waals surface area contributed by atoms with E-state index in [1.54, 1.807) is 11.8 Å². The molecular weight excluding hydrogens is 291 g/mol. The van der Waals surface area contributed by atoms with E-state index in [1.165, 1.54) is 22.6 Å². The second-order valence-corrected chi connectivity index (χ2v) is 6.16. The minimum absolute atomic E-state index is 0.0810. The van der Waals surface area contributed by atoms with Gasteiger partial charge in [0, 0.05) is 10.1 Å². The summed E-state index contributed by atoms with van der Waals surface area (Å²) in [5.41, 5.74) is 1.21. The lowest BCUT2D eigenvalue weighted by Crippen LogP contribution is -2.14. The van der Waals surface area contributed by atoms with E-state index in [9.17, 15) is 9.18 Å². The standard InChI is InChI=1S/C16H13FO3S/c17-13-8-11(16(18)19)5-6-14(13)20-9-12-7-10-3-1-2-4-15(10)21-12/h1-6,8,12H,7,9H2,(H,18,19). The molecule has 2 aromatic carbocycles. The topological polar surface area (TPSA) is 46.5 Å². The van der Waals surface area contributed by atoms with Crippen LogP contribution in [0.3, 0.4) is 0 Å². The fourth-order valence-corrected chi connectivity index (χ4v) is 3.50. The summed E-state index contributed by atoms with van der Waals surface area (Å²) >= 11 is 1.73. The van der Waals surface area contributed by atoms with Crippen LogP contribution in [0.1, 0.15) is 15.9 Å². The molecule has 108 valence electrons. The summed E-state index contributed by atoms with van der Waals surface area (Å²) in [6, 6.07) is 11.9. The van der Waals surface area contributed by atoms with E-state index < -0.39 is 11.8 Å². The van der Waals surface area contributed by atoms with Crippen molar-refractivity contribution in [1.29, 1.82) is 0 Å². The van der Waals surface area contributed by atoms with Crippen LogP contribution in [-0.2, 0) is 6.42 Å². The molecule has 0 saturated carbocycles. The van der Waals surface area contributed by atoms with Gasteiger partial charge in [-0.1, -0.05) is 18.2 Å². The number of rotatable bonds is 4. The van der Waals surface area contributed by atoms with Crippen LogP contribution in [0.25, 0.3) is 0 Å². The van der Waals surface area contributed by atoms with Crippen LogP contribution in [0.15, 0.2) is 47.4 Å². The number of carboxylic acids is 1. The predicted octanol–water partition coefficient (Wildman–Crippen LogP) is 3.62. The van der Waals surface area contributed by atoms with Gasteiger partial charge in [0.1, 0.15) is 6.61 Å².